The molecular weight excluding hydrogens is 315 g/mol. The topological polar surface area (TPSA) is 64.3 Å². The number of carbonyl (C=O) groups excluding carboxylic acids is 1. The molecule has 6 heteroatoms. The van der Waals surface area contributed by atoms with Gasteiger partial charge in [0.1, 0.15) is 12.4 Å². The largest absolute Gasteiger partial charge is 0.396 e. The van der Waals surface area contributed by atoms with Gasteiger partial charge in [-0.2, -0.15) is 0 Å². The van der Waals surface area contributed by atoms with Crippen LogP contribution in [0.1, 0.15) is 19.8 Å². The van der Waals surface area contributed by atoms with Gasteiger partial charge in [-0.05, 0) is 28.4 Å². The molecule has 1 aromatic rings. The zero-order valence-electron chi connectivity index (χ0n) is 10.8. The van der Waals surface area contributed by atoms with Crippen LogP contribution in [0.15, 0.2) is 16.6 Å². The molecule has 1 aromatic carbocycles. The summed E-state index contributed by atoms with van der Waals surface area (Å²) < 4.78 is 19.1. The van der Waals surface area contributed by atoms with Crippen molar-refractivity contribution in [2.45, 2.75) is 19.8 Å². The van der Waals surface area contributed by atoms with Crippen LogP contribution in [-0.4, -0.2) is 25.5 Å². The van der Waals surface area contributed by atoms with E-state index in [1.807, 2.05) is 0 Å². The normalized spacial score (nSPS) is 10.5. The molecule has 19 heavy (non-hydrogen) atoms. The second kappa shape index (κ2) is 8.12. The molecule has 0 atom stereocenters. The number of Topliss-reactive ketones (excluding diaryl/α,β-unsaturated/α-hetero) is 1. The molecule has 0 aromatic heterocycles. The number of hydrogen-bond acceptors (Lipinski definition) is 4. The maximum absolute atomic E-state index is 13.3. The Kier molecular flexibility index (Phi) is 6.80. The lowest BCUT2D eigenvalue weighted by molar-refractivity contribution is -0.121. The van der Waals surface area contributed by atoms with Crippen molar-refractivity contribution in [3.8, 4) is 0 Å². The third kappa shape index (κ3) is 5.57. The first-order valence-electron chi connectivity index (χ1n) is 6.12. The standard InChI is InChI=1S/C13H18BrFN2O2/c1-2-3-4-19-8-9(18)7-17-13-6-11(15)12(16)5-10(13)14/h5-6,17H,2-4,7-8,16H2,1H3. The number of rotatable bonds is 8. The molecule has 106 valence electrons. The zero-order chi connectivity index (χ0) is 14.3. The molecule has 3 N–H and O–H groups in total. The van der Waals surface area contributed by atoms with Gasteiger partial charge in [-0.3, -0.25) is 4.79 Å². The first kappa shape index (κ1) is 15.9. The second-order valence-corrected chi connectivity index (χ2v) is 5.01. The number of nitrogens with one attached hydrogen (secondary N) is 1. The van der Waals surface area contributed by atoms with Crippen LogP contribution in [0.5, 0.6) is 0 Å². The average molecular weight is 333 g/mol. The van der Waals surface area contributed by atoms with E-state index in [0.717, 1.165) is 12.8 Å². The maximum atomic E-state index is 13.3. The first-order valence-corrected chi connectivity index (χ1v) is 6.91. The highest BCUT2D eigenvalue weighted by Gasteiger charge is 2.08. The van der Waals surface area contributed by atoms with Crippen LogP contribution in [-0.2, 0) is 9.53 Å². The van der Waals surface area contributed by atoms with Crippen molar-refractivity contribution in [2.75, 3.05) is 30.8 Å². The number of carbonyl (C=O) groups is 1. The fourth-order valence-electron chi connectivity index (χ4n) is 1.37. The van der Waals surface area contributed by atoms with Crippen molar-refractivity contribution in [1.82, 2.24) is 0 Å². The molecule has 0 saturated heterocycles. The molecule has 0 aliphatic rings. The Morgan fingerprint density at radius 1 is 1.53 bits per heavy atom. The van der Waals surface area contributed by atoms with E-state index in [4.69, 9.17) is 10.5 Å². The molecule has 0 amide bonds. The highest BCUT2D eigenvalue weighted by Crippen LogP contribution is 2.26. The summed E-state index contributed by atoms with van der Waals surface area (Å²) in [5.41, 5.74) is 5.98. The van der Waals surface area contributed by atoms with E-state index in [1.54, 1.807) is 0 Å². The molecule has 0 saturated carbocycles. The Morgan fingerprint density at radius 3 is 2.95 bits per heavy atom. The molecule has 0 radical (unpaired) electrons. The maximum Gasteiger partial charge on any atom is 0.177 e. The number of benzene rings is 1. The van der Waals surface area contributed by atoms with Crippen molar-refractivity contribution < 1.29 is 13.9 Å². The quantitative estimate of drug-likeness (QED) is 0.567. The van der Waals surface area contributed by atoms with Crippen LogP contribution in [0.25, 0.3) is 0 Å². The van der Waals surface area contributed by atoms with Crippen LogP contribution < -0.4 is 11.1 Å². The minimum atomic E-state index is -0.516. The summed E-state index contributed by atoms with van der Waals surface area (Å²) in [5.74, 6) is -0.599. The molecule has 0 heterocycles. The molecule has 0 bridgehead atoms. The monoisotopic (exact) mass is 332 g/mol. The van der Waals surface area contributed by atoms with E-state index in [-0.39, 0.29) is 24.6 Å². The highest BCUT2D eigenvalue weighted by molar-refractivity contribution is 9.10. The number of unbranched alkanes of at least 4 members (excludes halogenated alkanes) is 1. The third-order valence-corrected chi connectivity index (χ3v) is 3.12. The van der Waals surface area contributed by atoms with E-state index in [9.17, 15) is 9.18 Å². The summed E-state index contributed by atoms with van der Waals surface area (Å²) >= 11 is 3.25. The van der Waals surface area contributed by atoms with Crippen LogP contribution >= 0.6 is 15.9 Å². The Labute approximate surface area is 120 Å². The van der Waals surface area contributed by atoms with Gasteiger partial charge in [0, 0.05) is 17.1 Å². The number of nitrogens with two attached hydrogens (primary N) is 1. The lowest BCUT2D eigenvalue weighted by Crippen LogP contribution is -2.19. The van der Waals surface area contributed by atoms with E-state index < -0.39 is 5.82 Å². The lowest BCUT2D eigenvalue weighted by atomic mass is 10.2. The molecule has 0 fully saturated rings. The number of nitrogen functional groups attached to an aromatic ring is 1. The van der Waals surface area contributed by atoms with Crippen LogP contribution in [0.3, 0.4) is 0 Å². The molecule has 1 rings (SSSR count). The fraction of sp³-hybridized carbons (Fsp3) is 0.462. The highest BCUT2D eigenvalue weighted by atomic mass is 79.9. The molecular formula is C13H18BrFN2O2. The van der Waals surface area contributed by atoms with Crippen LogP contribution in [0, 0.1) is 5.82 Å². The Morgan fingerprint density at radius 2 is 2.26 bits per heavy atom. The summed E-state index contributed by atoms with van der Waals surface area (Å²) in [5, 5.41) is 2.85. The van der Waals surface area contributed by atoms with E-state index in [1.165, 1.54) is 12.1 Å². The summed E-state index contributed by atoms with van der Waals surface area (Å²) in [6.07, 6.45) is 1.97. The van der Waals surface area contributed by atoms with Gasteiger partial charge in [0.25, 0.3) is 0 Å². The lowest BCUT2D eigenvalue weighted by Gasteiger charge is -2.09. The molecule has 0 aliphatic heterocycles. The zero-order valence-corrected chi connectivity index (χ0v) is 12.4. The van der Waals surface area contributed by atoms with Crippen molar-refractivity contribution in [3.05, 3.63) is 22.4 Å². The second-order valence-electron chi connectivity index (χ2n) is 4.15. The van der Waals surface area contributed by atoms with Crippen LogP contribution in [0.2, 0.25) is 0 Å². The summed E-state index contributed by atoms with van der Waals surface area (Å²) in [4.78, 5) is 11.5. The molecule has 0 aliphatic carbocycles. The molecule has 4 nitrogen and oxygen atoms in total. The van der Waals surface area contributed by atoms with Gasteiger partial charge < -0.3 is 15.8 Å². The number of ether oxygens (including phenoxy) is 1. The van der Waals surface area contributed by atoms with Crippen molar-refractivity contribution in [2.24, 2.45) is 0 Å². The first-order chi connectivity index (χ1) is 9.04. The van der Waals surface area contributed by atoms with Gasteiger partial charge in [-0.1, -0.05) is 13.3 Å². The van der Waals surface area contributed by atoms with Gasteiger partial charge in [0.15, 0.2) is 5.78 Å². The fourth-order valence-corrected chi connectivity index (χ4v) is 1.88. The van der Waals surface area contributed by atoms with Gasteiger partial charge in [0.05, 0.1) is 17.9 Å². The van der Waals surface area contributed by atoms with E-state index in [2.05, 4.69) is 28.2 Å². The Bertz CT molecular complexity index is 441. The number of halogens is 2. The minimum absolute atomic E-state index is 0.0617. The van der Waals surface area contributed by atoms with Gasteiger partial charge in [-0.25, -0.2) is 4.39 Å². The molecule has 0 spiro atoms. The van der Waals surface area contributed by atoms with E-state index >= 15 is 0 Å². The van der Waals surface area contributed by atoms with Crippen molar-refractivity contribution >= 4 is 33.1 Å². The minimum Gasteiger partial charge on any atom is -0.396 e. The SMILES string of the molecule is CCCCOCC(=O)CNc1cc(F)c(N)cc1Br. The number of hydrogen-bond donors (Lipinski definition) is 2. The predicted octanol–water partition coefficient (Wildman–Crippen LogP) is 2.97. The van der Waals surface area contributed by atoms with Crippen LogP contribution in [0.4, 0.5) is 15.8 Å². The predicted molar refractivity (Wildman–Crippen MR) is 77.7 cm³/mol. The third-order valence-electron chi connectivity index (χ3n) is 2.47. The smallest absolute Gasteiger partial charge is 0.177 e. The average Bonchev–Trinajstić information content (AvgIpc) is 2.37. The van der Waals surface area contributed by atoms with Crippen molar-refractivity contribution in [1.29, 1.82) is 0 Å². The Balaban J connectivity index is 2.40. The van der Waals surface area contributed by atoms with Gasteiger partial charge >= 0.3 is 0 Å². The van der Waals surface area contributed by atoms with Gasteiger partial charge in [0.2, 0.25) is 0 Å². The number of anilines is 2. The summed E-state index contributed by atoms with van der Waals surface area (Å²) in [6.45, 7) is 2.80. The molecule has 0 unspecified atom stereocenters. The van der Waals surface area contributed by atoms with Crippen molar-refractivity contribution in [3.63, 3.8) is 0 Å². The van der Waals surface area contributed by atoms with E-state index in [0.29, 0.717) is 16.8 Å². The van der Waals surface area contributed by atoms with Gasteiger partial charge in [-0.15, -0.1) is 0 Å². The summed E-state index contributed by atoms with van der Waals surface area (Å²) in [7, 11) is 0. The number of ketones is 1. The Hall–Kier alpha value is -1.14. The summed E-state index contributed by atoms with van der Waals surface area (Å²) in [6, 6.07) is 2.71.